The van der Waals surface area contributed by atoms with Crippen molar-refractivity contribution in [1.82, 2.24) is 9.97 Å². The third-order valence-corrected chi connectivity index (χ3v) is 2.49. The molecular formula is C13H16N4O. The first kappa shape index (κ1) is 12.2. The number of benzene rings is 1. The van der Waals surface area contributed by atoms with Crippen LogP contribution in [0, 0.1) is 6.92 Å². The van der Waals surface area contributed by atoms with Gasteiger partial charge in [-0.25, -0.2) is 9.97 Å². The van der Waals surface area contributed by atoms with Crippen LogP contribution in [0.2, 0.25) is 0 Å². The molecule has 94 valence electrons. The van der Waals surface area contributed by atoms with Gasteiger partial charge in [-0.2, -0.15) is 0 Å². The van der Waals surface area contributed by atoms with Crippen LogP contribution in [-0.2, 0) is 6.54 Å². The Kier molecular flexibility index (Phi) is 3.62. The molecule has 2 aromatic rings. The molecule has 0 saturated heterocycles. The van der Waals surface area contributed by atoms with Crippen molar-refractivity contribution in [3.8, 4) is 5.75 Å². The van der Waals surface area contributed by atoms with E-state index in [2.05, 4.69) is 15.3 Å². The van der Waals surface area contributed by atoms with E-state index in [9.17, 15) is 0 Å². The first-order chi connectivity index (χ1) is 8.67. The molecule has 0 unspecified atom stereocenters. The zero-order valence-electron chi connectivity index (χ0n) is 10.5. The lowest BCUT2D eigenvalue weighted by Gasteiger charge is -2.07. The van der Waals surface area contributed by atoms with E-state index in [1.54, 1.807) is 13.2 Å². The molecule has 0 amide bonds. The van der Waals surface area contributed by atoms with E-state index in [1.165, 1.54) is 0 Å². The second kappa shape index (κ2) is 5.35. The zero-order chi connectivity index (χ0) is 13.0. The van der Waals surface area contributed by atoms with Crippen LogP contribution >= 0.6 is 0 Å². The van der Waals surface area contributed by atoms with Crippen molar-refractivity contribution in [3.63, 3.8) is 0 Å². The largest absolute Gasteiger partial charge is 0.497 e. The molecule has 5 heteroatoms. The number of rotatable bonds is 4. The molecule has 0 aliphatic rings. The number of nitrogens with two attached hydrogens (primary N) is 1. The molecule has 0 fully saturated rings. The van der Waals surface area contributed by atoms with E-state index in [1.807, 2.05) is 31.2 Å². The van der Waals surface area contributed by atoms with Gasteiger partial charge >= 0.3 is 0 Å². The summed E-state index contributed by atoms with van der Waals surface area (Å²) in [5.41, 5.74) is 6.80. The highest BCUT2D eigenvalue weighted by molar-refractivity contribution is 5.45. The van der Waals surface area contributed by atoms with Crippen LogP contribution in [0.25, 0.3) is 0 Å². The number of aromatic nitrogens is 2. The maximum absolute atomic E-state index is 5.66. The molecule has 0 bridgehead atoms. The summed E-state index contributed by atoms with van der Waals surface area (Å²) in [6, 6.07) is 9.58. The third kappa shape index (κ3) is 3.10. The van der Waals surface area contributed by atoms with Crippen LogP contribution in [0.5, 0.6) is 5.75 Å². The molecule has 0 aliphatic carbocycles. The Bertz CT molecular complexity index is 505. The molecule has 1 aromatic heterocycles. The second-order valence-corrected chi connectivity index (χ2v) is 3.93. The van der Waals surface area contributed by atoms with Gasteiger partial charge < -0.3 is 15.8 Å². The molecule has 0 spiro atoms. The Morgan fingerprint density at radius 2 is 1.94 bits per heavy atom. The molecule has 0 aliphatic heterocycles. The van der Waals surface area contributed by atoms with E-state index in [-0.39, 0.29) is 0 Å². The number of methoxy groups -OCH3 is 1. The maximum Gasteiger partial charge on any atom is 0.132 e. The van der Waals surface area contributed by atoms with Gasteiger partial charge in [-0.15, -0.1) is 0 Å². The monoisotopic (exact) mass is 244 g/mol. The van der Waals surface area contributed by atoms with E-state index in [0.29, 0.717) is 18.2 Å². The molecule has 1 aromatic carbocycles. The highest BCUT2D eigenvalue weighted by Gasteiger charge is 1.99. The van der Waals surface area contributed by atoms with Crippen molar-refractivity contribution >= 4 is 11.6 Å². The summed E-state index contributed by atoms with van der Waals surface area (Å²) in [4.78, 5) is 8.28. The predicted molar refractivity (Wildman–Crippen MR) is 71.5 cm³/mol. The Balaban J connectivity index is 2.01. The number of anilines is 2. The van der Waals surface area contributed by atoms with Crippen molar-refractivity contribution in [1.29, 1.82) is 0 Å². The van der Waals surface area contributed by atoms with Crippen molar-refractivity contribution in [2.75, 3.05) is 18.2 Å². The van der Waals surface area contributed by atoms with Gasteiger partial charge in [-0.3, -0.25) is 0 Å². The molecule has 0 saturated carbocycles. The summed E-state index contributed by atoms with van der Waals surface area (Å²) in [6.07, 6.45) is 0. The van der Waals surface area contributed by atoms with Crippen molar-refractivity contribution in [2.45, 2.75) is 13.5 Å². The minimum Gasteiger partial charge on any atom is -0.497 e. The topological polar surface area (TPSA) is 73.1 Å². The highest BCUT2D eigenvalue weighted by Crippen LogP contribution is 2.13. The highest BCUT2D eigenvalue weighted by atomic mass is 16.5. The zero-order valence-corrected chi connectivity index (χ0v) is 10.5. The Hall–Kier alpha value is -2.30. The number of nitrogens with zero attached hydrogens (tertiary/aromatic N) is 2. The summed E-state index contributed by atoms with van der Waals surface area (Å²) < 4.78 is 5.11. The van der Waals surface area contributed by atoms with Gasteiger partial charge in [0, 0.05) is 12.6 Å². The van der Waals surface area contributed by atoms with Gasteiger partial charge in [0.05, 0.1) is 7.11 Å². The number of nitrogen functional groups attached to an aromatic ring is 1. The normalized spacial score (nSPS) is 10.1. The molecule has 5 nitrogen and oxygen atoms in total. The number of aryl methyl sites for hydroxylation is 1. The first-order valence-electron chi connectivity index (χ1n) is 5.65. The quantitative estimate of drug-likeness (QED) is 0.860. The standard InChI is InChI=1S/C13H16N4O/c1-9-16-12(14)7-13(17-9)15-8-10-3-5-11(18-2)6-4-10/h3-7H,8H2,1-2H3,(H3,14,15,16,17). The smallest absolute Gasteiger partial charge is 0.132 e. The van der Waals surface area contributed by atoms with E-state index < -0.39 is 0 Å². The molecule has 18 heavy (non-hydrogen) atoms. The Morgan fingerprint density at radius 3 is 2.56 bits per heavy atom. The van der Waals surface area contributed by atoms with Gasteiger partial charge in [0.15, 0.2) is 0 Å². The van der Waals surface area contributed by atoms with Crippen LogP contribution in [0.3, 0.4) is 0 Å². The van der Waals surface area contributed by atoms with Gasteiger partial charge in [-0.05, 0) is 24.6 Å². The second-order valence-electron chi connectivity index (χ2n) is 3.93. The van der Waals surface area contributed by atoms with Crippen molar-refractivity contribution < 1.29 is 4.74 Å². The van der Waals surface area contributed by atoms with Crippen LogP contribution < -0.4 is 15.8 Å². The SMILES string of the molecule is COc1ccc(CNc2cc(N)nc(C)n2)cc1. The molecular weight excluding hydrogens is 228 g/mol. The van der Waals surface area contributed by atoms with Crippen molar-refractivity contribution in [3.05, 3.63) is 41.7 Å². The summed E-state index contributed by atoms with van der Waals surface area (Å²) >= 11 is 0. The number of hydrogen-bond acceptors (Lipinski definition) is 5. The summed E-state index contributed by atoms with van der Waals surface area (Å²) in [6.45, 7) is 2.49. The van der Waals surface area contributed by atoms with Gasteiger partial charge in [-0.1, -0.05) is 12.1 Å². The van der Waals surface area contributed by atoms with Crippen LogP contribution in [-0.4, -0.2) is 17.1 Å². The average Bonchev–Trinajstić information content (AvgIpc) is 2.36. The van der Waals surface area contributed by atoms with Gasteiger partial charge in [0.1, 0.15) is 23.2 Å². The third-order valence-electron chi connectivity index (χ3n) is 2.49. The lowest BCUT2D eigenvalue weighted by molar-refractivity contribution is 0.414. The molecule has 0 atom stereocenters. The fourth-order valence-corrected chi connectivity index (χ4v) is 1.62. The maximum atomic E-state index is 5.66. The van der Waals surface area contributed by atoms with E-state index in [0.717, 1.165) is 17.1 Å². The number of nitrogens with one attached hydrogen (secondary N) is 1. The lowest BCUT2D eigenvalue weighted by atomic mass is 10.2. The van der Waals surface area contributed by atoms with E-state index >= 15 is 0 Å². The minimum absolute atomic E-state index is 0.472. The predicted octanol–water partition coefficient (Wildman–Crippen LogP) is 1.99. The lowest BCUT2D eigenvalue weighted by Crippen LogP contribution is -2.04. The molecule has 0 radical (unpaired) electrons. The molecule has 1 heterocycles. The summed E-state index contributed by atoms with van der Waals surface area (Å²) in [5.74, 6) is 2.71. The van der Waals surface area contributed by atoms with Gasteiger partial charge in [0.25, 0.3) is 0 Å². The Morgan fingerprint density at radius 1 is 1.22 bits per heavy atom. The van der Waals surface area contributed by atoms with Crippen LogP contribution in [0.15, 0.2) is 30.3 Å². The fraction of sp³-hybridized carbons (Fsp3) is 0.231. The first-order valence-corrected chi connectivity index (χ1v) is 5.65. The van der Waals surface area contributed by atoms with Crippen LogP contribution in [0.1, 0.15) is 11.4 Å². The van der Waals surface area contributed by atoms with Gasteiger partial charge in [0.2, 0.25) is 0 Å². The Labute approximate surface area is 106 Å². The fourth-order valence-electron chi connectivity index (χ4n) is 1.62. The van der Waals surface area contributed by atoms with Crippen molar-refractivity contribution in [2.24, 2.45) is 0 Å². The minimum atomic E-state index is 0.472. The number of hydrogen-bond donors (Lipinski definition) is 2. The molecule has 3 N–H and O–H groups in total. The summed E-state index contributed by atoms with van der Waals surface area (Å²) in [7, 11) is 1.65. The van der Waals surface area contributed by atoms with E-state index in [4.69, 9.17) is 10.5 Å². The number of ether oxygens (including phenoxy) is 1. The van der Waals surface area contributed by atoms with Crippen LogP contribution in [0.4, 0.5) is 11.6 Å². The average molecular weight is 244 g/mol. The molecule has 2 rings (SSSR count). The summed E-state index contributed by atoms with van der Waals surface area (Å²) in [5, 5.41) is 3.21.